The summed E-state index contributed by atoms with van der Waals surface area (Å²) < 4.78 is 22.1. The zero-order valence-electron chi connectivity index (χ0n) is 19.9. The monoisotopic (exact) mass is 488 g/mol. The van der Waals surface area contributed by atoms with Gasteiger partial charge in [0.15, 0.2) is 11.9 Å². The van der Waals surface area contributed by atoms with Crippen LogP contribution in [0.4, 0.5) is 0 Å². The number of carbonyl (C=O) groups excluding carboxylic acids is 1. The predicted molar refractivity (Wildman–Crippen MR) is 129 cm³/mol. The third kappa shape index (κ3) is 5.52. The number of carboxylic acid groups (broad SMARTS) is 1. The molecule has 0 aliphatic heterocycles. The molecule has 4 rings (SSSR count). The Kier molecular flexibility index (Phi) is 7.29. The van der Waals surface area contributed by atoms with Crippen molar-refractivity contribution in [3.05, 3.63) is 89.4 Å². The summed E-state index contributed by atoms with van der Waals surface area (Å²) in [6.45, 7) is 3.34. The fourth-order valence-electron chi connectivity index (χ4n) is 3.32. The van der Waals surface area contributed by atoms with Gasteiger partial charge in [0.05, 0.1) is 12.7 Å². The number of ketones is 1. The summed E-state index contributed by atoms with van der Waals surface area (Å²) in [4.78, 5) is 33.1. The van der Waals surface area contributed by atoms with Crippen molar-refractivity contribution in [2.24, 2.45) is 0 Å². The van der Waals surface area contributed by atoms with Gasteiger partial charge < -0.3 is 23.7 Å². The first-order chi connectivity index (χ1) is 17.4. The van der Waals surface area contributed by atoms with Crippen LogP contribution in [-0.4, -0.2) is 40.0 Å². The highest BCUT2D eigenvalue weighted by atomic mass is 16.5. The van der Waals surface area contributed by atoms with Crippen molar-refractivity contribution in [1.29, 1.82) is 0 Å². The lowest BCUT2D eigenvalue weighted by atomic mass is 10.0. The molecule has 9 nitrogen and oxygen atoms in total. The Balaban J connectivity index is 1.47. The molecule has 0 bridgehead atoms. The molecule has 2 heterocycles. The Morgan fingerprint density at radius 3 is 2.53 bits per heavy atom. The highest BCUT2D eigenvalue weighted by Gasteiger charge is 2.21. The molecule has 9 heteroatoms. The fourth-order valence-corrected chi connectivity index (χ4v) is 3.32. The quantitative estimate of drug-likeness (QED) is 0.316. The van der Waals surface area contributed by atoms with Gasteiger partial charge in [-0.15, -0.1) is 0 Å². The normalized spacial score (nSPS) is 11.5. The Morgan fingerprint density at radius 2 is 1.86 bits per heavy atom. The van der Waals surface area contributed by atoms with Gasteiger partial charge in [-0.05, 0) is 44.2 Å². The number of pyridine rings is 1. The van der Waals surface area contributed by atoms with Crippen molar-refractivity contribution >= 4 is 11.8 Å². The highest BCUT2D eigenvalue weighted by Crippen LogP contribution is 2.28. The molecular formula is C27H24N2O7. The maximum atomic E-state index is 13.1. The molecule has 184 valence electrons. The van der Waals surface area contributed by atoms with Gasteiger partial charge in [0.2, 0.25) is 11.8 Å². The van der Waals surface area contributed by atoms with E-state index in [1.165, 1.54) is 32.4 Å². The standard InChI is InChI=1S/C27H24N2O7/c1-16-22(29-26(36-16)18-7-5-4-6-8-18)15-34-24-12-9-19(14-28-24)25(30)21-11-10-20(33-3)13-23(21)35-17(2)27(31)32/h4-14,17H,15H2,1-3H3,(H,31,32)/t17-/m1/s1. The smallest absolute Gasteiger partial charge is 0.344 e. The summed E-state index contributed by atoms with van der Waals surface area (Å²) in [5.41, 5.74) is 1.98. The van der Waals surface area contributed by atoms with Gasteiger partial charge in [0, 0.05) is 29.5 Å². The lowest BCUT2D eigenvalue weighted by Crippen LogP contribution is -2.24. The number of aliphatic carboxylic acids is 1. The molecule has 0 saturated heterocycles. The third-order valence-corrected chi connectivity index (χ3v) is 5.35. The molecule has 0 aliphatic rings. The molecule has 4 aromatic rings. The molecule has 2 aromatic carbocycles. The van der Waals surface area contributed by atoms with E-state index in [0.717, 1.165) is 5.56 Å². The maximum absolute atomic E-state index is 13.1. The van der Waals surface area contributed by atoms with E-state index < -0.39 is 12.1 Å². The summed E-state index contributed by atoms with van der Waals surface area (Å²) in [5.74, 6) is 0.450. The van der Waals surface area contributed by atoms with E-state index >= 15 is 0 Å². The second kappa shape index (κ2) is 10.7. The van der Waals surface area contributed by atoms with Crippen LogP contribution in [-0.2, 0) is 11.4 Å². The molecular weight excluding hydrogens is 464 g/mol. The Morgan fingerprint density at radius 1 is 1.08 bits per heavy atom. The number of nitrogens with zero attached hydrogens (tertiary/aromatic N) is 2. The molecule has 0 unspecified atom stereocenters. The fraction of sp³-hybridized carbons (Fsp3) is 0.185. The van der Waals surface area contributed by atoms with Crippen LogP contribution in [0.5, 0.6) is 17.4 Å². The Labute approximate surface area is 207 Å². The number of rotatable bonds is 10. The molecule has 0 fully saturated rings. The van der Waals surface area contributed by atoms with Crippen LogP contribution in [0, 0.1) is 6.92 Å². The van der Waals surface area contributed by atoms with Crippen molar-refractivity contribution in [2.45, 2.75) is 26.6 Å². The van der Waals surface area contributed by atoms with Crippen LogP contribution in [0.2, 0.25) is 0 Å². The van der Waals surface area contributed by atoms with Gasteiger partial charge in [-0.25, -0.2) is 14.8 Å². The topological polar surface area (TPSA) is 121 Å². The molecule has 0 spiro atoms. The van der Waals surface area contributed by atoms with Crippen LogP contribution in [0.25, 0.3) is 11.5 Å². The van der Waals surface area contributed by atoms with E-state index in [1.54, 1.807) is 18.2 Å². The van der Waals surface area contributed by atoms with Crippen LogP contribution >= 0.6 is 0 Å². The van der Waals surface area contributed by atoms with E-state index in [0.29, 0.717) is 29.0 Å². The average molecular weight is 488 g/mol. The molecule has 0 amide bonds. The number of aryl methyl sites for hydroxylation is 1. The molecule has 36 heavy (non-hydrogen) atoms. The van der Waals surface area contributed by atoms with Gasteiger partial charge in [-0.2, -0.15) is 0 Å². The number of methoxy groups -OCH3 is 1. The molecule has 0 saturated carbocycles. The van der Waals surface area contributed by atoms with Gasteiger partial charge in [0.25, 0.3) is 0 Å². The van der Waals surface area contributed by atoms with Crippen molar-refractivity contribution < 1.29 is 33.3 Å². The summed E-state index contributed by atoms with van der Waals surface area (Å²) in [5, 5.41) is 9.18. The maximum Gasteiger partial charge on any atom is 0.344 e. The van der Waals surface area contributed by atoms with E-state index in [1.807, 2.05) is 37.3 Å². The van der Waals surface area contributed by atoms with Crippen LogP contribution in [0.1, 0.15) is 34.3 Å². The first-order valence-corrected chi connectivity index (χ1v) is 11.1. The summed E-state index contributed by atoms with van der Waals surface area (Å²) in [6, 6.07) is 17.3. The Bertz CT molecular complexity index is 1360. The number of hydrogen-bond donors (Lipinski definition) is 1. The molecule has 1 N–H and O–H groups in total. The highest BCUT2D eigenvalue weighted by molar-refractivity contribution is 6.10. The van der Waals surface area contributed by atoms with Gasteiger partial charge in [-0.1, -0.05) is 18.2 Å². The second-order valence-electron chi connectivity index (χ2n) is 7.85. The molecule has 2 aromatic heterocycles. The van der Waals surface area contributed by atoms with E-state index in [-0.39, 0.29) is 29.3 Å². The summed E-state index contributed by atoms with van der Waals surface area (Å²) >= 11 is 0. The minimum atomic E-state index is -1.15. The lowest BCUT2D eigenvalue weighted by Gasteiger charge is -2.15. The molecule has 1 atom stereocenters. The number of ether oxygens (including phenoxy) is 3. The van der Waals surface area contributed by atoms with Crippen molar-refractivity contribution in [3.8, 4) is 28.8 Å². The molecule has 0 radical (unpaired) electrons. The average Bonchev–Trinajstić information content (AvgIpc) is 3.28. The van der Waals surface area contributed by atoms with E-state index in [4.69, 9.17) is 18.6 Å². The minimum absolute atomic E-state index is 0.102. The molecule has 0 aliphatic carbocycles. The first kappa shape index (κ1) is 24.5. The van der Waals surface area contributed by atoms with Gasteiger partial charge in [0.1, 0.15) is 29.6 Å². The van der Waals surface area contributed by atoms with Crippen LogP contribution in [0.15, 0.2) is 71.3 Å². The van der Waals surface area contributed by atoms with Crippen LogP contribution < -0.4 is 14.2 Å². The largest absolute Gasteiger partial charge is 0.497 e. The minimum Gasteiger partial charge on any atom is -0.497 e. The van der Waals surface area contributed by atoms with Crippen molar-refractivity contribution in [3.63, 3.8) is 0 Å². The first-order valence-electron chi connectivity index (χ1n) is 11.1. The zero-order chi connectivity index (χ0) is 25.7. The second-order valence-corrected chi connectivity index (χ2v) is 7.85. The number of carbonyl (C=O) groups is 2. The van der Waals surface area contributed by atoms with Crippen molar-refractivity contribution in [1.82, 2.24) is 9.97 Å². The van der Waals surface area contributed by atoms with Gasteiger partial charge in [-0.3, -0.25) is 4.79 Å². The summed E-state index contributed by atoms with van der Waals surface area (Å²) in [6.07, 6.45) is 0.233. The zero-order valence-corrected chi connectivity index (χ0v) is 19.9. The summed E-state index contributed by atoms with van der Waals surface area (Å²) in [7, 11) is 1.47. The predicted octanol–water partition coefficient (Wildman–Crippen LogP) is 4.72. The number of benzene rings is 2. The Hall–Kier alpha value is -4.66. The number of oxazole rings is 1. The van der Waals surface area contributed by atoms with Crippen LogP contribution in [0.3, 0.4) is 0 Å². The number of carboxylic acids is 1. The third-order valence-electron chi connectivity index (χ3n) is 5.35. The lowest BCUT2D eigenvalue weighted by molar-refractivity contribution is -0.144. The van der Waals surface area contributed by atoms with Crippen molar-refractivity contribution in [2.75, 3.05) is 7.11 Å². The van der Waals surface area contributed by atoms with E-state index in [9.17, 15) is 14.7 Å². The number of hydrogen-bond acceptors (Lipinski definition) is 8. The SMILES string of the molecule is COc1ccc(C(=O)c2ccc(OCc3nc(-c4ccccc4)oc3C)nc2)c(O[C@H](C)C(=O)O)c1. The van der Waals surface area contributed by atoms with E-state index in [2.05, 4.69) is 9.97 Å². The number of aromatic nitrogens is 2. The van der Waals surface area contributed by atoms with Gasteiger partial charge >= 0.3 is 5.97 Å².